The van der Waals surface area contributed by atoms with Crippen molar-refractivity contribution in [2.75, 3.05) is 0 Å². The van der Waals surface area contributed by atoms with Crippen LogP contribution in [0.3, 0.4) is 0 Å². The van der Waals surface area contributed by atoms with Crippen LogP contribution in [-0.4, -0.2) is 5.78 Å². The summed E-state index contributed by atoms with van der Waals surface area (Å²) in [5.41, 5.74) is 2.37. The summed E-state index contributed by atoms with van der Waals surface area (Å²) in [6, 6.07) is 3.25. The van der Waals surface area contributed by atoms with Crippen molar-refractivity contribution in [3.63, 3.8) is 0 Å². The third-order valence-corrected chi connectivity index (χ3v) is 0.997. The molecule has 2 heteroatoms. The molecule has 0 saturated heterocycles. The number of ketones is 1. The number of allylic oxidation sites excluding steroid dienone is 1. The van der Waals surface area contributed by atoms with E-state index in [1.165, 1.54) is 12.3 Å². The van der Waals surface area contributed by atoms with E-state index in [9.17, 15) is 4.79 Å². The molecule has 50 valence electrons. The van der Waals surface area contributed by atoms with E-state index in [-0.39, 0.29) is 5.78 Å². The van der Waals surface area contributed by atoms with Crippen molar-refractivity contribution in [3.05, 3.63) is 42.5 Å². The third-order valence-electron chi connectivity index (χ3n) is 0.997. The fourth-order valence-electron chi connectivity index (χ4n) is 0.583. The van der Waals surface area contributed by atoms with Crippen LogP contribution < -0.4 is 0 Å². The Morgan fingerprint density at radius 2 is 2.60 bits per heavy atom. The lowest BCUT2D eigenvalue weighted by atomic mass is 10.3. The predicted molar refractivity (Wildman–Crippen MR) is 36.7 cm³/mol. The maximum atomic E-state index is 10.9. The van der Waals surface area contributed by atoms with E-state index in [2.05, 4.69) is 12.3 Å². The van der Waals surface area contributed by atoms with E-state index in [0.29, 0.717) is 5.76 Å². The first kappa shape index (κ1) is 6.59. The molecule has 1 aromatic rings. The highest BCUT2D eigenvalue weighted by Gasteiger charge is 2.01. The molecule has 0 fully saturated rings. The molecule has 1 rings (SSSR count). The summed E-state index contributed by atoms with van der Waals surface area (Å²) < 4.78 is 4.80. The molecule has 1 heterocycles. The molecule has 10 heavy (non-hydrogen) atoms. The summed E-state index contributed by atoms with van der Waals surface area (Å²) >= 11 is 0. The molecule has 1 aromatic heterocycles. The topological polar surface area (TPSA) is 30.2 Å². The molecular formula is C8H6O2. The lowest BCUT2D eigenvalue weighted by molar-refractivity contribution is 0.102. The molecule has 0 aliphatic heterocycles. The van der Waals surface area contributed by atoms with Crippen molar-refractivity contribution in [1.29, 1.82) is 0 Å². The molecule has 0 atom stereocenters. The number of carbonyl (C=O) groups excluding carboxylic acids is 1. The zero-order valence-electron chi connectivity index (χ0n) is 5.33. The second kappa shape index (κ2) is 2.85. The van der Waals surface area contributed by atoms with Crippen molar-refractivity contribution in [1.82, 2.24) is 0 Å². The number of hydrogen-bond donors (Lipinski definition) is 0. The van der Waals surface area contributed by atoms with Crippen molar-refractivity contribution in [3.8, 4) is 0 Å². The molecule has 0 aromatic carbocycles. The largest absolute Gasteiger partial charge is 0.461 e. The quantitative estimate of drug-likeness (QED) is 0.350. The first-order valence-electron chi connectivity index (χ1n) is 2.78. The van der Waals surface area contributed by atoms with Gasteiger partial charge in [0.25, 0.3) is 0 Å². The zero-order valence-corrected chi connectivity index (χ0v) is 5.33. The summed E-state index contributed by atoms with van der Waals surface area (Å²) in [4.78, 5) is 10.9. The van der Waals surface area contributed by atoms with Gasteiger partial charge in [0.1, 0.15) is 0 Å². The van der Waals surface area contributed by atoms with Crippen LogP contribution >= 0.6 is 0 Å². The number of rotatable bonds is 2. The van der Waals surface area contributed by atoms with Crippen molar-refractivity contribution in [2.24, 2.45) is 0 Å². The Balaban J connectivity index is 2.87. The Labute approximate surface area is 58.5 Å². The van der Waals surface area contributed by atoms with Gasteiger partial charge in [0.2, 0.25) is 5.78 Å². The molecule has 0 saturated carbocycles. The maximum absolute atomic E-state index is 10.9. The Kier molecular flexibility index (Phi) is 1.88. The lowest BCUT2D eigenvalue weighted by Gasteiger charge is -1.82. The average Bonchev–Trinajstić information content (AvgIpc) is 2.38. The normalized spacial score (nSPS) is 8.40. The fraction of sp³-hybridized carbons (Fsp3) is 0. The highest BCUT2D eigenvalue weighted by atomic mass is 16.3. The van der Waals surface area contributed by atoms with E-state index in [1.54, 1.807) is 12.1 Å². The minimum Gasteiger partial charge on any atom is -0.461 e. The standard InChI is InChI=1S/C8H6O2/c1-2-4-7(9)8-5-3-6-10-8/h3-6H,1H2. The number of furan rings is 1. The molecule has 0 N–H and O–H groups in total. The van der Waals surface area contributed by atoms with Crippen molar-refractivity contribution >= 4 is 5.78 Å². The van der Waals surface area contributed by atoms with Gasteiger partial charge in [-0.25, -0.2) is 0 Å². The van der Waals surface area contributed by atoms with E-state index in [1.807, 2.05) is 0 Å². The summed E-state index contributed by atoms with van der Waals surface area (Å²) in [7, 11) is 0. The second-order valence-corrected chi connectivity index (χ2v) is 1.69. The van der Waals surface area contributed by atoms with Gasteiger partial charge in [-0.2, -0.15) is 0 Å². The van der Waals surface area contributed by atoms with Crippen LogP contribution in [0.5, 0.6) is 0 Å². The first-order chi connectivity index (χ1) is 4.84. The number of carbonyl (C=O) groups is 1. The van der Waals surface area contributed by atoms with E-state index >= 15 is 0 Å². The van der Waals surface area contributed by atoms with Crippen LogP contribution in [-0.2, 0) is 0 Å². The fourth-order valence-corrected chi connectivity index (χ4v) is 0.583. The Bertz CT molecular complexity index is 263. The van der Waals surface area contributed by atoms with Crippen LogP contribution in [0.2, 0.25) is 0 Å². The smallest absolute Gasteiger partial charge is 0.228 e. The Morgan fingerprint density at radius 1 is 1.80 bits per heavy atom. The van der Waals surface area contributed by atoms with Crippen LogP contribution in [0, 0.1) is 0 Å². The summed E-state index contributed by atoms with van der Waals surface area (Å²) in [5.74, 6) is 0.108. The van der Waals surface area contributed by atoms with E-state index in [0.717, 1.165) is 0 Å². The lowest BCUT2D eigenvalue weighted by Crippen LogP contribution is -1.88. The van der Waals surface area contributed by atoms with Gasteiger partial charge in [-0.3, -0.25) is 4.79 Å². The van der Waals surface area contributed by atoms with Gasteiger partial charge in [0, 0.05) is 6.08 Å². The first-order valence-corrected chi connectivity index (χ1v) is 2.78. The predicted octanol–water partition coefficient (Wildman–Crippen LogP) is 1.80. The highest BCUT2D eigenvalue weighted by molar-refractivity contribution is 6.02. The van der Waals surface area contributed by atoms with Gasteiger partial charge in [-0.1, -0.05) is 6.58 Å². The zero-order chi connectivity index (χ0) is 7.40. The SMILES string of the molecule is C=C=CC(=O)c1ccco1. The van der Waals surface area contributed by atoms with Crippen LogP contribution in [0.1, 0.15) is 10.6 Å². The minimum atomic E-state index is -0.208. The molecule has 0 aliphatic rings. The van der Waals surface area contributed by atoms with Crippen molar-refractivity contribution in [2.45, 2.75) is 0 Å². The monoisotopic (exact) mass is 134 g/mol. The Morgan fingerprint density at radius 3 is 3.10 bits per heavy atom. The van der Waals surface area contributed by atoms with Gasteiger partial charge in [-0.05, 0) is 12.1 Å². The third kappa shape index (κ3) is 1.24. The van der Waals surface area contributed by atoms with E-state index < -0.39 is 0 Å². The Hall–Kier alpha value is -1.53. The second-order valence-electron chi connectivity index (χ2n) is 1.69. The van der Waals surface area contributed by atoms with Crippen LogP contribution in [0.4, 0.5) is 0 Å². The summed E-state index contributed by atoms with van der Waals surface area (Å²) in [5, 5.41) is 0. The van der Waals surface area contributed by atoms with Gasteiger partial charge in [0.05, 0.1) is 6.26 Å². The van der Waals surface area contributed by atoms with Crippen LogP contribution in [0.25, 0.3) is 0 Å². The van der Waals surface area contributed by atoms with Gasteiger partial charge in [0.15, 0.2) is 5.76 Å². The van der Waals surface area contributed by atoms with Gasteiger partial charge in [-0.15, -0.1) is 5.73 Å². The number of hydrogen-bond acceptors (Lipinski definition) is 2. The van der Waals surface area contributed by atoms with Crippen molar-refractivity contribution < 1.29 is 9.21 Å². The van der Waals surface area contributed by atoms with Gasteiger partial charge >= 0.3 is 0 Å². The average molecular weight is 134 g/mol. The molecule has 0 bridgehead atoms. The molecule has 0 aliphatic carbocycles. The summed E-state index contributed by atoms with van der Waals surface area (Å²) in [6.45, 7) is 3.27. The molecule has 0 unspecified atom stereocenters. The minimum absolute atomic E-state index is 0.208. The summed E-state index contributed by atoms with van der Waals surface area (Å²) in [6.07, 6.45) is 2.68. The van der Waals surface area contributed by atoms with Gasteiger partial charge < -0.3 is 4.42 Å². The molecule has 0 radical (unpaired) electrons. The highest BCUT2D eigenvalue weighted by Crippen LogP contribution is 2.00. The van der Waals surface area contributed by atoms with Crippen LogP contribution in [0.15, 0.2) is 41.2 Å². The molecule has 2 nitrogen and oxygen atoms in total. The molecule has 0 amide bonds. The molecule has 0 spiro atoms. The van der Waals surface area contributed by atoms with E-state index in [4.69, 9.17) is 4.42 Å². The maximum Gasteiger partial charge on any atom is 0.228 e. The molecular weight excluding hydrogens is 128 g/mol.